The molecule has 0 unspecified atom stereocenters. The van der Waals surface area contributed by atoms with E-state index in [1.54, 1.807) is 6.92 Å². The van der Waals surface area contributed by atoms with Crippen molar-refractivity contribution in [3.63, 3.8) is 0 Å². The topological polar surface area (TPSA) is 66.8 Å². The van der Waals surface area contributed by atoms with Crippen LogP contribution in [0, 0.1) is 0 Å². The number of aliphatic hydroxyl groups is 2. The van der Waals surface area contributed by atoms with Gasteiger partial charge in [0.15, 0.2) is 0 Å². The Kier molecular flexibility index (Phi) is 11.0. The van der Waals surface area contributed by atoms with Crippen LogP contribution >= 0.6 is 0 Å². The molecule has 0 saturated carbocycles. The standard InChI is InChI=1S/C23H36O4/c1-4-6-7-8-9-10-14-20-15-11-16-21(20)18-19(3)13-12-17-23(25,26)22(24)27-5-2/h10,12,14,25-26H,4-9,11,15-18H2,1-3H3. The predicted octanol–water partition coefficient (Wildman–Crippen LogP) is 5.12. The van der Waals surface area contributed by atoms with E-state index in [9.17, 15) is 15.0 Å². The van der Waals surface area contributed by atoms with E-state index in [0.717, 1.165) is 31.3 Å². The van der Waals surface area contributed by atoms with Crippen molar-refractivity contribution in [2.24, 2.45) is 0 Å². The van der Waals surface area contributed by atoms with E-state index in [1.165, 1.54) is 49.3 Å². The zero-order chi connectivity index (χ0) is 20.1. The van der Waals surface area contributed by atoms with Gasteiger partial charge >= 0.3 is 5.97 Å². The number of ether oxygens (including phenoxy) is 1. The Balaban J connectivity index is 2.59. The maximum atomic E-state index is 11.5. The van der Waals surface area contributed by atoms with Crippen molar-refractivity contribution in [1.82, 2.24) is 0 Å². The lowest BCUT2D eigenvalue weighted by Crippen LogP contribution is -2.39. The van der Waals surface area contributed by atoms with Crippen LogP contribution in [0.1, 0.15) is 85.0 Å². The molecular formula is C23H36O4. The summed E-state index contributed by atoms with van der Waals surface area (Å²) in [4.78, 5) is 11.5. The summed E-state index contributed by atoms with van der Waals surface area (Å²) in [6.45, 7) is 5.95. The fraction of sp³-hybridized carbons (Fsp3) is 0.652. The molecule has 0 fully saturated rings. The molecule has 4 nitrogen and oxygen atoms in total. The van der Waals surface area contributed by atoms with Crippen molar-refractivity contribution < 1.29 is 19.7 Å². The minimum absolute atomic E-state index is 0.114. The molecule has 0 amide bonds. The van der Waals surface area contributed by atoms with E-state index in [0.29, 0.717) is 0 Å². The van der Waals surface area contributed by atoms with Gasteiger partial charge in [-0.2, -0.15) is 0 Å². The highest BCUT2D eigenvalue weighted by molar-refractivity contribution is 5.77. The van der Waals surface area contributed by atoms with Crippen molar-refractivity contribution in [3.05, 3.63) is 40.7 Å². The van der Waals surface area contributed by atoms with Crippen LogP contribution in [0.4, 0.5) is 0 Å². The number of carbonyl (C=O) groups is 1. The van der Waals surface area contributed by atoms with Crippen molar-refractivity contribution in [3.8, 4) is 0 Å². The van der Waals surface area contributed by atoms with E-state index in [4.69, 9.17) is 0 Å². The van der Waals surface area contributed by atoms with Crippen LogP contribution in [0.15, 0.2) is 40.7 Å². The van der Waals surface area contributed by atoms with Crippen LogP contribution in [-0.4, -0.2) is 28.6 Å². The molecule has 1 aliphatic rings. The van der Waals surface area contributed by atoms with Gasteiger partial charge in [0.2, 0.25) is 0 Å². The fourth-order valence-electron chi connectivity index (χ4n) is 3.22. The van der Waals surface area contributed by atoms with Crippen molar-refractivity contribution in [2.45, 2.75) is 90.8 Å². The first-order valence-electron chi connectivity index (χ1n) is 10.3. The van der Waals surface area contributed by atoms with E-state index in [1.807, 2.05) is 6.92 Å². The molecule has 0 aromatic carbocycles. The zero-order valence-electron chi connectivity index (χ0n) is 17.2. The summed E-state index contributed by atoms with van der Waals surface area (Å²) in [5.74, 6) is -3.51. The van der Waals surface area contributed by atoms with Gasteiger partial charge in [0.1, 0.15) is 0 Å². The van der Waals surface area contributed by atoms with Gasteiger partial charge in [-0.1, -0.05) is 43.9 Å². The molecular weight excluding hydrogens is 340 g/mol. The summed E-state index contributed by atoms with van der Waals surface area (Å²) in [7, 11) is 0. The molecule has 2 N–H and O–H groups in total. The number of hydrogen-bond donors (Lipinski definition) is 2. The summed E-state index contributed by atoms with van der Waals surface area (Å²) >= 11 is 0. The Morgan fingerprint density at radius 3 is 2.70 bits per heavy atom. The highest BCUT2D eigenvalue weighted by atomic mass is 16.6. The zero-order valence-corrected chi connectivity index (χ0v) is 17.2. The summed E-state index contributed by atoms with van der Waals surface area (Å²) in [6, 6.07) is 0. The molecule has 0 aliphatic heterocycles. The van der Waals surface area contributed by atoms with E-state index in [-0.39, 0.29) is 13.0 Å². The van der Waals surface area contributed by atoms with Gasteiger partial charge in [-0.05, 0) is 69.6 Å². The first kappa shape index (κ1) is 23.4. The first-order valence-corrected chi connectivity index (χ1v) is 10.3. The monoisotopic (exact) mass is 376 g/mol. The minimum Gasteiger partial charge on any atom is -0.462 e. The van der Waals surface area contributed by atoms with Crippen molar-refractivity contribution in [2.75, 3.05) is 6.61 Å². The molecule has 0 aromatic rings. The summed E-state index contributed by atoms with van der Waals surface area (Å²) in [6.07, 6.45) is 16.5. The molecule has 1 rings (SSSR count). The third-order valence-electron chi connectivity index (χ3n) is 4.74. The van der Waals surface area contributed by atoms with Crippen LogP contribution in [0.3, 0.4) is 0 Å². The smallest absolute Gasteiger partial charge is 0.366 e. The predicted molar refractivity (Wildman–Crippen MR) is 109 cm³/mol. The normalized spacial score (nSPS) is 14.6. The Hall–Kier alpha value is -1.61. The largest absolute Gasteiger partial charge is 0.462 e. The molecule has 0 atom stereocenters. The Bertz CT molecular complexity index is 589. The molecule has 0 aromatic heterocycles. The number of unbranched alkanes of at least 4 members (excludes halogenated alkanes) is 4. The van der Waals surface area contributed by atoms with Gasteiger partial charge in [-0.3, -0.25) is 0 Å². The average molecular weight is 377 g/mol. The molecule has 1 aliphatic carbocycles. The van der Waals surface area contributed by atoms with Crippen molar-refractivity contribution in [1.29, 1.82) is 0 Å². The highest BCUT2D eigenvalue weighted by Gasteiger charge is 2.33. The van der Waals surface area contributed by atoms with Gasteiger partial charge in [0.05, 0.1) is 6.61 Å². The summed E-state index contributed by atoms with van der Waals surface area (Å²) in [5.41, 5.74) is 7.00. The quantitative estimate of drug-likeness (QED) is 0.215. The molecule has 4 heteroatoms. The third kappa shape index (κ3) is 9.23. The number of carbonyl (C=O) groups excluding carboxylic acids is 1. The number of hydrogen-bond acceptors (Lipinski definition) is 4. The van der Waals surface area contributed by atoms with Crippen molar-refractivity contribution >= 4 is 5.97 Å². The molecule has 0 spiro atoms. The fourth-order valence-corrected chi connectivity index (χ4v) is 3.22. The van der Waals surface area contributed by atoms with E-state index in [2.05, 4.69) is 29.5 Å². The Morgan fingerprint density at radius 1 is 1.22 bits per heavy atom. The maximum Gasteiger partial charge on any atom is 0.366 e. The lowest BCUT2D eigenvalue weighted by atomic mass is 10.0. The third-order valence-corrected chi connectivity index (χ3v) is 4.74. The van der Waals surface area contributed by atoms with Gasteiger partial charge < -0.3 is 14.9 Å². The molecule has 0 bridgehead atoms. The van der Waals surface area contributed by atoms with E-state index >= 15 is 0 Å². The second-order valence-corrected chi connectivity index (χ2v) is 7.28. The number of allylic oxidation sites excluding steroid dienone is 4. The van der Waals surface area contributed by atoms with Gasteiger partial charge in [0.25, 0.3) is 5.79 Å². The van der Waals surface area contributed by atoms with Crippen LogP contribution in [0.25, 0.3) is 0 Å². The SMILES string of the molecule is CCCCCCC=CC1=C(CC(C)=C=CCC(O)(O)C(=O)OCC)CCC1. The van der Waals surface area contributed by atoms with Crippen LogP contribution in [-0.2, 0) is 9.53 Å². The lowest BCUT2D eigenvalue weighted by molar-refractivity contribution is -0.207. The van der Waals surface area contributed by atoms with Crippen LogP contribution in [0.2, 0.25) is 0 Å². The van der Waals surface area contributed by atoms with Gasteiger partial charge in [0, 0.05) is 6.42 Å². The van der Waals surface area contributed by atoms with E-state index < -0.39 is 11.8 Å². The average Bonchev–Trinajstić information content (AvgIpc) is 3.05. The van der Waals surface area contributed by atoms with Gasteiger partial charge in [-0.25, -0.2) is 4.79 Å². The Labute approximate surface area is 164 Å². The molecule has 152 valence electrons. The second-order valence-electron chi connectivity index (χ2n) is 7.28. The molecule has 0 saturated heterocycles. The van der Waals surface area contributed by atoms with Gasteiger partial charge in [-0.15, -0.1) is 5.73 Å². The summed E-state index contributed by atoms with van der Waals surface area (Å²) < 4.78 is 4.65. The Morgan fingerprint density at radius 2 is 2.00 bits per heavy atom. The molecule has 0 radical (unpaired) electrons. The number of esters is 1. The minimum atomic E-state index is -2.48. The maximum absolute atomic E-state index is 11.5. The molecule has 0 heterocycles. The second kappa shape index (κ2) is 12.7. The van der Waals surface area contributed by atoms with Crippen LogP contribution in [0.5, 0.6) is 0 Å². The molecule has 27 heavy (non-hydrogen) atoms. The number of rotatable bonds is 12. The summed E-state index contributed by atoms with van der Waals surface area (Å²) in [5, 5.41) is 19.4. The highest BCUT2D eigenvalue weighted by Crippen LogP contribution is 2.31. The first-order chi connectivity index (χ1) is 12.9. The van der Waals surface area contributed by atoms with Crippen LogP contribution < -0.4 is 0 Å². The lowest BCUT2D eigenvalue weighted by Gasteiger charge is -2.16.